The van der Waals surface area contributed by atoms with E-state index in [0.29, 0.717) is 6.42 Å². The van der Waals surface area contributed by atoms with Gasteiger partial charge < -0.3 is 28.6 Å². The lowest BCUT2D eigenvalue weighted by Gasteiger charge is -2.34. The summed E-state index contributed by atoms with van der Waals surface area (Å²) in [6.45, 7) is 4.41. The van der Waals surface area contributed by atoms with Crippen molar-refractivity contribution < 1.29 is 38.2 Å². The third-order valence-electron chi connectivity index (χ3n) is 8.92. The summed E-state index contributed by atoms with van der Waals surface area (Å²) in [5.74, 6) is -1.83. The first-order valence-corrected chi connectivity index (χ1v) is 21.2. The molecule has 8 heteroatoms. The molecule has 0 radical (unpaired) electrons. The fraction of sp³-hybridized carbons (Fsp3) is 0.638. The van der Waals surface area contributed by atoms with Crippen LogP contribution in [0.1, 0.15) is 142 Å². The van der Waals surface area contributed by atoms with Crippen LogP contribution < -0.4 is 5.11 Å². The van der Waals surface area contributed by atoms with E-state index in [1.54, 1.807) is 21.1 Å². The maximum Gasteiger partial charge on any atom is 0.306 e. The summed E-state index contributed by atoms with van der Waals surface area (Å²) in [5, 5.41) is 11.6. The van der Waals surface area contributed by atoms with Gasteiger partial charge in [0.05, 0.1) is 40.3 Å². The fourth-order valence-corrected chi connectivity index (χ4v) is 5.61. The summed E-state index contributed by atoms with van der Waals surface area (Å²) >= 11 is 0. The third-order valence-corrected chi connectivity index (χ3v) is 8.92. The maximum absolute atomic E-state index is 12.7. The van der Waals surface area contributed by atoms with Gasteiger partial charge in [0.25, 0.3) is 0 Å². The predicted octanol–water partition coefficient (Wildman–Crippen LogP) is 10.0. The first-order chi connectivity index (χ1) is 26.6. The first kappa shape index (κ1) is 51.5. The van der Waals surface area contributed by atoms with Gasteiger partial charge in [-0.25, -0.2) is 0 Å². The monoisotopic (exact) mass is 768 g/mol. The summed E-state index contributed by atoms with van der Waals surface area (Å²) in [6, 6.07) is -0.740. The van der Waals surface area contributed by atoms with Gasteiger partial charge in [-0.05, 0) is 57.8 Å². The molecule has 0 saturated carbocycles. The second-order valence-electron chi connectivity index (χ2n) is 15.0. The van der Waals surface area contributed by atoms with E-state index >= 15 is 0 Å². The Balaban J connectivity index is 4.49. The van der Waals surface area contributed by atoms with Gasteiger partial charge >= 0.3 is 11.9 Å². The maximum atomic E-state index is 12.7. The van der Waals surface area contributed by atoms with Gasteiger partial charge in [-0.3, -0.25) is 9.59 Å². The van der Waals surface area contributed by atoms with E-state index in [1.165, 1.54) is 32.1 Å². The van der Waals surface area contributed by atoms with Crippen LogP contribution in [0.5, 0.6) is 0 Å². The molecular formula is C47H77NO7. The number of rotatable bonds is 36. The van der Waals surface area contributed by atoms with Crippen LogP contribution >= 0.6 is 0 Å². The van der Waals surface area contributed by atoms with Crippen molar-refractivity contribution in [2.45, 2.75) is 154 Å². The minimum absolute atomic E-state index is 0.0140. The molecule has 8 nitrogen and oxygen atoms in total. The molecule has 2 unspecified atom stereocenters. The van der Waals surface area contributed by atoms with Gasteiger partial charge in [0.2, 0.25) is 0 Å². The van der Waals surface area contributed by atoms with Crippen LogP contribution in [0.3, 0.4) is 0 Å². The van der Waals surface area contributed by atoms with Crippen LogP contribution in [0.4, 0.5) is 0 Å². The van der Waals surface area contributed by atoms with Gasteiger partial charge in [0.15, 0.2) is 6.10 Å². The van der Waals surface area contributed by atoms with Crippen LogP contribution in [0, 0.1) is 0 Å². The molecule has 0 saturated heterocycles. The quantitative estimate of drug-likeness (QED) is 0.0271. The van der Waals surface area contributed by atoms with Gasteiger partial charge in [-0.15, -0.1) is 0 Å². The number of carbonyl (C=O) groups is 3. The van der Waals surface area contributed by atoms with E-state index in [9.17, 15) is 19.5 Å². The van der Waals surface area contributed by atoms with Gasteiger partial charge in [-0.2, -0.15) is 0 Å². The number of quaternary nitrogens is 1. The van der Waals surface area contributed by atoms with Crippen molar-refractivity contribution in [2.75, 3.05) is 41.0 Å². The molecule has 0 rings (SSSR count). The number of carbonyl (C=O) groups excluding carboxylic acids is 3. The Kier molecular flexibility index (Phi) is 35.1. The molecule has 312 valence electrons. The molecule has 0 N–H and O–H groups in total. The lowest BCUT2D eigenvalue weighted by Crippen LogP contribution is -2.55. The fourth-order valence-electron chi connectivity index (χ4n) is 5.61. The van der Waals surface area contributed by atoms with Crippen LogP contribution in [0.2, 0.25) is 0 Å². The number of carboxylic acids is 1. The zero-order valence-electron chi connectivity index (χ0n) is 35.3. The van der Waals surface area contributed by atoms with E-state index in [1.807, 2.05) is 36.5 Å². The second kappa shape index (κ2) is 37.4. The summed E-state index contributed by atoms with van der Waals surface area (Å²) in [5.41, 5.74) is 0. The SMILES string of the molecule is CC/C=C/C=C/C=C/C=C/CCCCCC(=O)OCC(COCCC(C(=O)[O-])[N+](C)(C)C)OC(=O)CCCCCCC/C=C/C=C/C=C/CCCCCCC. The molecule has 0 aliphatic carbocycles. The highest BCUT2D eigenvalue weighted by molar-refractivity contribution is 5.70. The Morgan fingerprint density at radius 3 is 1.53 bits per heavy atom. The first-order valence-electron chi connectivity index (χ1n) is 21.2. The molecule has 2 atom stereocenters. The Labute approximate surface area is 335 Å². The summed E-state index contributed by atoms with van der Waals surface area (Å²) < 4.78 is 17.1. The minimum atomic E-state index is -1.14. The van der Waals surface area contributed by atoms with Gasteiger partial charge in [0.1, 0.15) is 12.6 Å². The van der Waals surface area contributed by atoms with Crippen molar-refractivity contribution in [3.63, 3.8) is 0 Å². The smallest absolute Gasteiger partial charge is 0.306 e. The Hall–Kier alpha value is -3.49. The van der Waals surface area contributed by atoms with Crippen molar-refractivity contribution in [1.29, 1.82) is 0 Å². The lowest BCUT2D eigenvalue weighted by atomic mass is 10.1. The number of hydrogen-bond acceptors (Lipinski definition) is 7. The Morgan fingerprint density at radius 2 is 1.02 bits per heavy atom. The number of unbranched alkanes of at least 4 members (excludes halogenated alkanes) is 13. The van der Waals surface area contributed by atoms with Crippen molar-refractivity contribution in [2.24, 2.45) is 0 Å². The largest absolute Gasteiger partial charge is 0.544 e. The summed E-state index contributed by atoms with van der Waals surface area (Å²) in [7, 11) is 5.37. The van der Waals surface area contributed by atoms with Crippen LogP contribution in [-0.2, 0) is 28.6 Å². The van der Waals surface area contributed by atoms with Crippen molar-refractivity contribution >= 4 is 17.9 Å². The van der Waals surface area contributed by atoms with Gasteiger partial charge in [-0.1, -0.05) is 150 Å². The van der Waals surface area contributed by atoms with Gasteiger partial charge in [0, 0.05) is 19.3 Å². The normalized spacial score (nSPS) is 13.8. The molecule has 0 aromatic heterocycles. The lowest BCUT2D eigenvalue weighted by molar-refractivity contribution is -0.889. The Bertz CT molecular complexity index is 1170. The molecule has 0 aromatic rings. The van der Waals surface area contributed by atoms with Crippen LogP contribution in [0.15, 0.2) is 85.1 Å². The van der Waals surface area contributed by atoms with E-state index in [-0.39, 0.29) is 49.1 Å². The highest BCUT2D eigenvalue weighted by Gasteiger charge is 2.25. The second-order valence-corrected chi connectivity index (χ2v) is 15.0. The van der Waals surface area contributed by atoms with E-state index < -0.39 is 18.1 Å². The number of esters is 2. The summed E-state index contributed by atoms with van der Waals surface area (Å²) in [6.07, 6.45) is 47.5. The van der Waals surface area contributed by atoms with Crippen LogP contribution in [0.25, 0.3) is 0 Å². The number of allylic oxidation sites excluding steroid dienone is 14. The van der Waals surface area contributed by atoms with Crippen molar-refractivity contribution in [1.82, 2.24) is 0 Å². The molecule has 0 bridgehead atoms. The standard InChI is InChI=1S/C47H77NO7/c1-6-8-10-12-14-16-18-20-21-22-23-24-26-28-30-32-34-36-38-46(50)55-43(41-53-40-39-44(47(51)52)48(3,4)5)42-54-45(49)37-35-33-31-29-27-25-19-17-15-13-11-9-7-2/h9,11,13,15,17-25,27,43-44H,6-8,10,12,14,16,26,28-42H2,1-5H3/b11-9+,15-13+,19-17+,20-18+,22-21+,24-23+,27-25+. The zero-order valence-corrected chi connectivity index (χ0v) is 35.3. The van der Waals surface area contributed by atoms with Crippen LogP contribution in [-0.4, -0.2) is 75.5 Å². The molecule has 0 fully saturated rings. The Morgan fingerprint density at radius 1 is 0.564 bits per heavy atom. The highest BCUT2D eigenvalue weighted by Crippen LogP contribution is 2.12. The molecule has 0 aliphatic rings. The van der Waals surface area contributed by atoms with E-state index in [0.717, 1.165) is 77.0 Å². The van der Waals surface area contributed by atoms with E-state index in [4.69, 9.17) is 14.2 Å². The third kappa shape index (κ3) is 35.9. The van der Waals surface area contributed by atoms with Crippen molar-refractivity contribution in [3.05, 3.63) is 85.1 Å². The molecule has 0 aromatic carbocycles. The molecule has 0 aliphatic heterocycles. The molecule has 55 heavy (non-hydrogen) atoms. The minimum Gasteiger partial charge on any atom is -0.544 e. The molecule has 0 spiro atoms. The average molecular weight is 768 g/mol. The number of likely N-dealkylation sites (N-methyl/N-ethyl adjacent to an activating group) is 1. The van der Waals surface area contributed by atoms with Crippen molar-refractivity contribution in [3.8, 4) is 0 Å². The topological polar surface area (TPSA) is 102 Å². The summed E-state index contributed by atoms with van der Waals surface area (Å²) in [4.78, 5) is 36.8. The number of aliphatic carboxylic acids is 1. The predicted molar refractivity (Wildman–Crippen MR) is 226 cm³/mol. The number of ether oxygens (including phenoxy) is 3. The zero-order chi connectivity index (χ0) is 40.7. The molecule has 0 amide bonds. The number of carboxylic acid groups (broad SMARTS) is 1. The molecule has 0 heterocycles. The average Bonchev–Trinajstić information content (AvgIpc) is 3.14. The van der Waals surface area contributed by atoms with E-state index in [2.05, 4.69) is 62.5 Å². The highest BCUT2D eigenvalue weighted by atomic mass is 16.6. The number of nitrogens with zero attached hydrogens (tertiary/aromatic N) is 1. The number of hydrogen-bond donors (Lipinski definition) is 0. The molecular weight excluding hydrogens is 691 g/mol.